The highest BCUT2D eigenvalue weighted by atomic mass is 16.7. The first-order chi connectivity index (χ1) is 14.4. The van der Waals surface area contributed by atoms with Gasteiger partial charge in [0.1, 0.15) is 5.60 Å². The fourth-order valence-corrected chi connectivity index (χ4v) is 2.34. The van der Waals surface area contributed by atoms with Gasteiger partial charge in [-0.3, -0.25) is 19.2 Å². The molecule has 0 saturated carbocycles. The van der Waals surface area contributed by atoms with Crippen LogP contribution in [0.15, 0.2) is 0 Å². The minimum Gasteiger partial charge on any atom is -0.463 e. The smallest absolute Gasteiger partial charge is 0.348 e. The maximum atomic E-state index is 12.2. The van der Waals surface area contributed by atoms with Crippen molar-refractivity contribution >= 4 is 35.7 Å². The molecular weight excluding hydrogens is 414 g/mol. The molecule has 1 saturated heterocycles. The molecule has 1 aliphatic heterocycles. The van der Waals surface area contributed by atoms with Crippen molar-refractivity contribution in [2.75, 3.05) is 6.61 Å². The van der Waals surface area contributed by atoms with Crippen molar-refractivity contribution in [1.29, 1.82) is 0 Å². The lowest BCUT2D eigenvalue weighted by Gasteiger charge is -2.22. The molecule has 1 rings (SSSR count). The molecule has 0 unspecified atom stereocenters. The standard InChI is InChI=1S/C20H29NO10/c1-5-6-11-28-19(27)13(12-18(26)30-20(2,3)4)29-16(24)9-10-17(25)31-21-14(22)7-8-15(21)23/h13H,5-12H2,1-4H3/t13-/m1/s1. The zero-order chi connectivity index (χ0) is 23.6. The van der Waals surface area contributed by atoms with Gasteiger partial charge in [-0.1, -0.05) is 13.3 Å². The van der Waals surface area contributed by atoms with Crippen LogP contribution in [0.5, 0.6) is 0 Å². The van der Waals surface area contributed by atoms with E-state index in [1.54, 1.807) is 20.8 Å². The molecule has 0 radical (unpaired) electrons. The van der Waals surface area contributed by atoms with Gasteiger partial charge >= 0.3 is 23.9 Å². The number of nitrogens with zero attached hydrogens (tertiary/aromatic N) is 1. The molecule has 0 aliphatic carbocycles. The van der Waals surface area contributed by atoms with Crippen LogP contribution in [0, 0.1) is 0 Å². The van der Waals surface area contributed by atoms with Crippen molar-refractivity contribution in [2.24, 2.45) is 0 Å². The minimum absolute atomic E-state index is 0.0549. The second-order valence-electron chi connectivity index (χ2n) is 7.84. The van der Waals surface area contributed by atoms with E-state index in [0.717, 1.165) is 6.42 Å². The molecule has 0 aromatic carbocycles. The maximum Gasteiger partial charge on any atom is 0.348 e. The average Bonchev–Trinajstić information content (AvgIpc) is 2.96. The highest BCUT2D eigenvalue weighted by Crippen LogP contribution is 2.15. The fraction of sp³-hybridized carbons (Fsp3) is 0.700. The van der Waals surface area contributed by atoms with Gasteiger partial charge in [-0.15, -0.1) is 5.06 Å². The monoisotopic (exact) mass is 443 g/mol. The molecule has 2 amide bonds. The largest absolute Gasteiger partial charge is 0.463 e. The lowest BCUT2D eigenvalue weighted by Crippen LogP contribution is -2.35. The van der Waals surface area contributed by atoms with Crippen LogP contribution in [-0.4, -0.2) is 59.1 Å². The molecule has 1 fully saturated rings. The lowest BCUT2D eigenvalue weighted by atomic mass is 10.2. The summed E-state index contributed by atoms with van der Waals surface area (Å²) in [5.41, 5.74) is -0.800. The van der Waals surface area contributed by atoms with E-state index < -0.39 is 66.7 Å². The number of hydroxylamine groups is 2. The Balaban J connectivity index is 2.60. The number of carbonyl (C=O) groups is 6. The Morgan fingerprint density at radius 1 is 0.968 bits per heavy atom. The van der Waals surface area contributed by atoms with Crippen LogP contribution >= 0.6 is 0 Å². The zero-order valence-electron chi connectivity index (χ0n) is 18.3. The van der Waals surface area contributed by atoms with E-state index in [2.05, 4.69) is 4.84 Å². The molecule has 0 N–H and O–H groups in total. The quantitative estimate of drug-likeness (QED) is 0.199. The van der Waals surface area contributed by atoms with E-state index in [4.69, 9.17) is 14.2 Å². The topological polar surface area (TPSA) is 143 Å². The molecular formula is C20H29NO10. The third-order valence-electron chi connectivity index (χ3n) is 3.78. The van der Waals surface area contributed by atoms with Crippen molar-refractivity contribution in [3.8, 4) is 0 Å². The summed E-state index contributed by atoms with van der Waals surface area (Å²) in [5.74, 6) is -4.90. The van der Waals surface area contributed by atoms with Crippen molar-refractivity contribution in [3.63, 3.8) is 0 Å². The summed E-state index contributed by atoms with van der Waals surface area (Å²) in [7, 11) is 0. The third kappa shape index (κ3) is 10.1. The second-order valence-corrected chi connectivity index (χ2v) is 7.84. The first-order valence-corrected chi connectivity index (χ1v) is 10.1. The number of carbonyl (C=O) groups excluding carboxylic acids is 6. The Hall–Kier alpha value is -2.98. The van der Waals surface area contributed by atoms with E-state index >= 15 is 0 Å². The Bertz CT molecular complexity index is 693. The van der Waals surface area contributed by atoms with E-state index in [1.165, 1.54) is 0 Å². The number of hydrogen-bond acceptors (Lipinski definition) is 10. The summed E-state index contributed by atoms with van der Waals surface area (Å²) in [4.78, 5) is 75.6. The number of amides is 2. The summed E-state index contributed by atoms with van der Waals surface area (Å²) in [6, 6.07) is 0. The predicted octanol–water partition coefficient (Wildman–Crippen LogP) is 1.36. The van der Waals surface area contributed by atoms with Gasteiger partial charge in [-0.05, 0) is 27.2 Å². The third-order valence-corrected chi connectivity index (χ3v) is 3.78. The molecule has 0 aromatic heterocycles. The molecule has 0 aromatic rings. The molecule has 31 heavy (non-hydrogen) atoms. The summed E-state index contributed by atoms with van der Waals surface area (Å²) in [6.07, 6.45) is -1.82. The van der Waals surface area contributed by atoms with E-state index in [-0.39, 0.29) is 19.4 Å². The lowest BCUT2D eigenvalue weighted by molar-refractivity contribution is -0.197. The Labute approximate surface area is 180 Å². The van der Waals surface area contributed by atoms with Crippen molar-refractivity contribution in [1.82, 2.24) is 5.06 Å². The van der Waals surface area contributed by atoms with Crippen molar-refractivity contribution in [2.45, 2.75) is 84.3 Å². The molecule has 174 valence electrons. The van der Waals surface area contributed by atoms with E-state index in [0.29, 0.717) is 11.5 Å². The number of unbranched alkanes of at least 4 members (excludes halogenated alkanes) is 1. The molecule has 1 atom stereocenters. The van der Waals surface area contributed by atoms with Gasteiger partial charge in [0.15, 0.2) is 0 Å². The minimum atomic E-state index is -1.53. The summed E-state index contributed by atoms with van der Waals surface area (Å²) < 4.78 is 15.2. The van der Waals surface area contributed by atoms with Gasteiger partial charge in [-0.25, -0.2) is 9.59 Å². The Morgan fingerprint density at radius 3 is 2.10 bits per heavy atom. The van der Waals surface area contributed by atoms with Crippen LogP contribution in [0.25, 0.3) is 0 Å². The van der Waals surface area contributed by atoms with Crippen LogP contribution in [-0.2, 0) is 47.8 Å². The highest BCUT2D eigenvalue weighted by Gasteiger charge is 2.33. The van der Waals surface area contributed by atoms with Gasteiger partial charge in [0.05, 0.1) is 25.9 Å². The SMILES string of the molecule is CCCCOC(=O)[C@@H](CC(=O)OC(C)(C)C)OC(=O)CCC(=O)ON1C(=O)CCC1=O. The molecule has 11 nitrogen and oxygen atoms in total. The molecule has 1 heterocycles. The van der Waals surface area contributed by atoms with Gasteiger partial charge in [0.2, 0.25) is 6.10 Å². The Morgan fingerprint density at radius 2 is 1.55 bits per heavy atom. The van der Waals surface area contributed by atoms with Gasteiger partial charge in [-0.2, -0.15) is 0 Å². The molecule has 11 heteroatoms. The summed E-state index contributed by atoms with van der Waals surface area (Å²) in [5, 5.41) is 0.365. The van der Waals surface area contributed by atoms with Crippen LogP contribution in [0.1, 0.15) is 72.6 Å². The number of ether oxygens (including phenoxy) is 3. The fourth-order valence-electron chi connectivity index (χ4n) is 2.34. The molecule has 0 spiro atoms. The predicted molar refractivity (Wildman–Crippen MR) is 103 cm³/mol. The second kappa shape index (κ2) is 12.0. The first-order valence-electron chi connectivity index (χ1n) is 10.1. The van der Waals surface area contributed by atoms with Crippen LogP contribution < -0.4 is 0 Å². The number of hydrogen-bond donors (Lipinski definition) is 0. The van der Waals surface area contributed by atoms with Gasteiger partial charge in [0, 0.05) is 12.8 Å². The van der Waals surface area contributed by atoms with E-state index in [1.807, 2.05) is 6.92 Å². The molecule has 0 bridgehead atoms. The Kier molecular flexibility index (Phi) is 10.1. The van der Waals surface area contributed by atoms with Crippen LogP contribution in [0.3, 0.4) is 0 Å². The number of imide groups is 1. The highest BCUT2D eigenvalue weighted by molar-refractivity contribution is 6.01. The van der Waals surface area contributed by atoms with E-state index in [9.17, 15) is 28.8 Å². The molecule has 1 aliphatic rings. The number of rotatable bonds is 11. The normalized spacial score (nSPS) is 14.8. The van der Waals surface area contributed by atoms with Gasteiger partial charge in [0.25, 0.3) is 11.8 Å². The zero-order valence-corrected chi connectivity index (χ0v) is 18.3. The first kappa shape index (κ1) is 26.1. The summed E-state index contributed by atoms with van der Waals surface area (Å²) in [6.45, 7) is 6.93. The number of esters is 3. The van der Waals surface area contributed by atoms with Crippen LogP contribution in [0.4, 0.5) is 0 Å². The van der Waals surface area contributed by atoms with Crippen molar-refractivity contribution < 1.29 is 47.8 Å². The van der Waals surface area contributed by atoms with Gasteiger partial charge < -0.3 is 19.0 Å². The average molecular weight is 443 g/mol. The maximum absolute atomic E-state index is 12.2. The van der Waals surface area contributed by atoms with Crippen molar-refractivity contribution in [3.05, 3.63) is 0 Å². The summed E-state index contributed by atoms with van der Waals surface area (Å²) >= 11 is 0. The van der Waals surface area contributed by atoms with Crippen LogP contribution in [0.2, 0.25) is 0 Å².